The maximum absolute atomic E-state index is 5.90. The van der Waals surface area contributed by atoms with E-state index in [1.165, 1.54) is 12.0 Å². The summed E-state index contributed by atoms with van der Waals surface area (Å²) in [4.78, 5) is 4.22. The molecule has 2 N–H and O–H groups in total. The molecule has 0 fully saturated rings. The van der Waals surface area contributed by atoms with E-state index in [0.717, 1.165) is 44.2 Å². The Morgan fingerprint density at radius 1 is 1.30 bits per heavy atom. The fourth-order valence-corrected chi connectivity index (χ4v) is 2.39. The minimum absolute atomic E-state index is 0. The number of ether oxygens (including phenoxy) is 2. The summed E-state index contributed by atoms with van der Waals surface area (Å²) in [5.41, 5.74) is 1.28. The Kier molecular flexibility index (Phi) is 10.0. The molecular formula is C17H28IN3O2. The topological polar surface area (TPSA) is 54.9 Å². The first kappa shape index (κ1) is 20.0. The Hall–Kier alpha value is -1.02. The van der Waals surface area contributed by atoms with Crippen molar-refractivity contribution in [3.05, 3.63) is 29.8 Å². The summed E-state index contributed by atoms with van der Waals surface area (Å²) >= 11 is 0. The summed E-state index contributed by atoms with van der Waals surface area (Å²) in [6.45, 7) is 5.20. The smallest absolute Gasteiger partial charge is 0.191 e. The molecule has 1 atom stereocenters. The Bertz CT molecular complexity index is 458. The second-order valence-corrected chi connectivity index (χ2v) is 5.40. The molecule has 0 saturated heterocycles. The minimum atomic E-state index is 0. The van der Waals surface area contributed by atoms with Crippen molar-refractivity contribution in [1.82, 2.24) is 10.6 Å². The molecule has 0 aromatic heterocycles. The Labute approximate surface area is 156 Å². The summed E-state index contributed by atoms with van der Waals surface area (Å²) < 4.78 is 11.4. The van der Waals surface area contributed by atoms with E-state index < -0.39 is 0 Å². The van der Waals surface area contributed by atoms with Gasteiger partial charge in [0.1, 0.15) is 11.9 Å². The SMILES string of the molecule is CCCCOCCNC(=NC)NCC1Cc2ccccc2O1.I. The van der Waals surface area contributed by atoms with Gasteiger partial charge in [-0.2, -0.15) is 0 Å². The van der Waals surface area contributed by atoms with E-state index in [4.69, 9.17) is 9.47 Å². The molecule has 130 valence electrons. The quantitative estimate of drug-likeness (QED) is 0.287. The van der Waals surface area contributed by atoms with Gasteiger partial charge in [0.25, 0.3) is 0 Å². The highest BCUT2D eigenvalue weighted by Gasteiger charge is 2.22. The van der Waals surface area contributed by atoms with Gasteiger partial charge in [-0.15, -0.1) is 24.0 Å². The molecule has 1 aromatic carbocycles. The number of halogens is 1. The second-order valence-electron chi connectivity index (χ2n) is 5.40. The normalized spacial score (nSPS) is 16.3. The van der Waals surface area contributed by atoms with Crippen molar-refractivity contribution in [3.63, 3.8) is 0 Å². The molecule has 0 radical (unpaired) electrons. The lowest BCUT2D eigenvalue weighted by Crippen LogP contribution is -2.43. The van der Waals surface area contributed by atoms with Crippen molar-refractivity contribution in [2.24, 2.45) is 4.99 Å². The number of unbranched alkanes of at least 4 members (excludes halogenated alkanes) is 1. The maximum Gasteiger partial charge on any atom is 0.191 e. The number of rotatable bonds is 8. The van der Waals surface area contributed by atoms with Gasteiger partial charge in [-0.25, -0.2) is 0 Å². The summed E-state index contributed by atoms with van der Waals surface area (Å²) in [6, 6.07) is 8.21. The van der Waals surface area contributed by atoms with Crippen LogP contribution in [0.1, 0.15) is 25.3 Å². The lowest BCUT2D eigenvalue weighted by molar-refractivity contribution is 0.136. The Morgan fingerprint density at radius 3 is 2.87 bits per heavy atom. The average Bonchev–Trinajstić information content (AvgIpc) is 2.96. The van der Waals surface area contributed by atoms with Gasteiger partial charge in [-0.3, -0.25) is 4.99 Å². The van der Waals surface area contributed by atoms with E-state index in [-0.39, 0.29) is 30.1 Å². The fourth-order valence-electron chi connectivity index (χ4n) is 2.39. The van der Waals surface area contributed by atoms with Crippen LogP contribution in [-0.4, -0.2) is 45.4 Å². The van der Waals surface area contributed by atoms with Crippen LogP contribution >= 0.6 is 24.0 Å². The fraction of sp³-hybridized carbons (Fsp3) is 0.588. The molecule has 1 aliphatic heterocycles. The first-order valence-electron chi connectivity index (χ1n) is 8.10. The number of hydrogen-bond acceptors (Lipinski definition) is 3. The van der Waals surface area contributed by atoms with Gasteiger partial charge in [0, 0.05) is 26.6 Å². The van der Waals surface area contributed by atoms with Crippen LogP contribution in [0.5, 0.6) is 5.75 Å². The van der Waals surface area contributed by atoms with Crippen molar-refractivity contribution in [2.75, 3.05) is 33.4 Å². The highest BCUT2D eigenvalue weighted by molar-refractivity contribution is 14.0. The van der Waals surface area contributed by atoms with Crippen LogP contribution in [0.3, 0.4) is 0 Å². The van der Waals surface area contributed by atoms with Crippen LogP contribution in [0.2, 0.25) is 0 Å². The summed E-state index contributed by atoms with van der Waals surface area (Å²) in [7, 11) is 1.78. The predicted molar refractivity (Wildman–Crippen MR) is 105 cm³/mol. The highest BCUT2D eigenvalue weighted by atomic mass is 127. The van der Waals surface area contributed by atoms with Gasteiger partial charge in [0.15, 0.2) is 5.96 Å². The van der Waals surface area contributed by atoms with E-state index in [0.29, 0.717) is 6.61 Å². The average molecular weight is 433 g/mol. The lowest BCUT2D eigenvalue weighted by atomic mass is 10.1. The lowest BCUT2D eigenvalue weighted by Gasteiger charge is -2.15. The summed E-state index contributed by atoms with van der Waals surface area (Å²) in [5.74, 6) is 1.79. The zero-order valence-electron chi connectivity index (χ0n) is 14.0. The van der Waals surface area contributed by atoms with Crippen molar-refractivity contribution >= 4 is 29.9 Å². The van der Waals surface area contributed by atoms with Gasteiger partial charge in [0.2, 0.25) is 0 Å². The van der Waals surface area contributed by atoms with E-state index >= 15 is 0 Å². The van der Waals surface area contributed by atoms with Crippen molar-refractivity contribution in [3.8, 4) is 5.75 Å². The zero-order chi connectivity index (χ0) is 15.6. The molecule has 0 amide bonds. The number of guanidine groups is 1. The van der Waals surface area contributed by atoms with E-state index in [1.54, 1.807) is 7.05 Å². The van der Waals surface area contributed by atoms with Crippen LogP contribution < -0.4 is 15.4 Å². The summed E-state index contributed by atoms with van der Waals surface area (Å²) in [6.07, 6.45) is 3.39. The maximum atomic E-state index is 5.90. The monoisotopic (exact) mass is 433 g/mol. The number of aliphatic imine (C=N–C) groups is 1. The first-order valence-corrected chi connectivity index (χ1v) is 8.10. The standard InChI is InChI=1S/C17H27N3O2.HI/c1-3-4-10-21-11-9-19-17(18-2)20-13-15-12-14-7-5-6-8-16(14)22-15;/h5-8,15H,3-4,9-13H2,1-2H3,(H2,18,19,20);1H. The molecule has 1 aliphatic rings. The van der Waals surface area contributed by atoms with Crippen molar-refractivity contribution in [1.29, 1.82) is 0 Å². The van der Waals surface area contributed by atoms with Crippen LogP contribution in [0, 0.1) is 0 Å². The summed E-state index contributed by atoms with van der Waals surface area (Å²) in [5, 5.41) is 6.56. The van der Waals surface area contributed by atoms with Gasteiger partial charge < -0.3 is 20.1 Å². The molecule has 1 unspecified atom stereocenters. The number of nitrogens with one attached hydrogen (secondary N) is 2. The first-order chi connectivity index (χ1) is 10.8. The van der Waals surface area contributed by atoms with E-state index in [2.05, 4.69) is 34.7 Å². The largest absolute Gasteiger partial charge is 0.488 e. The molecule has 23 heavy (non-hydrogen) atoms. The molecule has 0 aliphatic carbocycles. The third kappa shape index (κ3) is 6.95. The molecule has 0 bridgehead atoms. The molecule has 6 heteroatoms. The predicted octanol–water partition coefficient (Wildman–Crippen LogP) is 2.59. The van der Waals surface area contributed by atoms with Crippen LogP contribution in [0.15, 0.2) is 29.3 Å². The number of para-hydroxylation sites is 1. The molecule has 0 saturated carbocycles. The Balaban J connectivity index is 0.00000264. The van der Waals surface area contributed by atoms with Gasteiger partial charge in [0.05, 0.1) is 13.2 Å². The van der Waals surface area contributed by atoms with E-state index in [9.17, 15) is 0 Å². The number of fused-ring (bicyclic) bond motifs is 1. The number of benzene rings is 1. The molecule has 1 aromatic rings. The van der Waals surface area contributed by atoms with Crippen molar-refractivity contribution < 1.29 is 9.47 Å². The van der Waals surface area contributed by atoms with Gasteiger partial charge >= 0.3 is 0 Å². The second kappa shape index (κ2) is 11.5. The van der Waals surface area contributed by atoms with Crippen LogP contribution in [0.25, 0.3) is 0 Å². The number of hydrogen-bond donors (Lipinski definition) is 2. The van der Waals surface area contributed by atoms with Crippen LogP contribution in [-0.2, 0) is 11.2 Å². The highest BCUT2D eigenvalue weighted by Crippen LogP contribution is 2.27. The molecule has 2 rings (SSSR count). The third-order valence-corrected chi connectivity index (χ3v) is 3.62. The molecule has 1 heterocycles. The van der Waals surface area contributed by atoms with Crippen LogP contribution in [0.4, 0.5) is 0 Å². The van der Waals surface area contributed by atoms with Gasteiger partial charge in [-0.1, -0.05) is 31.5 Å². The number of nitrogens with zero attached hydrogens (tertiary/aromatic N) is 1. The molecule has 0 spiro atoms. The molecular weight excluding hydrogens is 405 g/mol. The Morgan fingerprint density at radius 2 is 2.13 bits per heavy atom. The minimum Gasteiger partial charge on any atom is -0.488 e. The van der Waals surface area contributed by atoms with Gasteiger partial charge in [-0.05, 0) is 18.1 Å². The van der Waals surface area contributed by atoms with E-state index in [1.807, 2.05) is 12.1 Å². The molecule has 5 nitrogen and oxygen atoms in total. The zero-order valence-corrected chi connectivity index (χ0v) is 16.3. The third-order valence-electron chi connectivity index (χ3n) is 3.62. The van der Waals surface area contributed by atoms with Crippen molar-refractivity contribution in [2.45, 2.75) is 32.3 Å².